The van der Waals surface area contributed by atoms with Gasteiger partial charge >= 0.3 is 11.7 Å². The van der Waals surface area contributed by atoms with Crippen molar-refractivity contribution in [3.05, 3.63) is 26.7 Å². The molecule has 0 aromatic carbocycles. The van der Waals surface area contributed by atoms with Crippen LogP contribution in [-0.2, 0) is 29.2 Å². The van der Waals surface area contributed by atoms with Crippen LogP contribution in [0.25, 0.3) is 11.2 Å². The zero-order valence-corrected chi connectivity index (χ0v) is 19.5. The van der Waals surface area contributed by atoms with Gasteiger partial charge in [-0.15, -0.1) is 0 Å². The van der Waals surface area contributed by atoms with Crippen molar-refractivity contribution in [3.63, 3.8) is 0 Å². The van der Waals surface area contributed by atoms with Gasteiger partial charge in [0.05, 0.1) is 5.92 Å². The zero-order chi connectivity index (χ0) is 22.8. The predicted octanol–water partition coefficient (Wildman–Crippen LogP) is 3.60. The van der Waals surface area contributed by atoms with Gasteiger partial charge in [-0.05, 0) is 50.4 Å². The first-order chi connectivity index (χ1) is 14.7. The number of aryl methyl sites for hydroxylation is 2. The van der Waals surface area contributed by atoms with E-state index in [-0.39, 0.29) is 23.9 Å². The fourth-order valence-electron chi connectivity index (χ4n) is 4.64. The molecule has 1 N–H and O–H groups in total. The number of carbonyl (C=O) groups is 1. The first kappa shape index (κ1) is 23.3. The average Bonchev–Trinajstić information content (AvgIpc) is 3.10. The number of nitrogens with one attached hydrogen (secondary N) is 1. The van der Waals surface area contributed by atoms with Crippen LogP contribution in [0.1, 0.15) is 79.0 Å². The predicted molar refractivity (Wildman–Crippen MR) is 120 cm³/mol. The standard InChI is InChI=1S/C23H36N4O4/c1-6-8-13-27-19-18(20(28)25-22(27)30)26(7-2)17(24-19)14-31-21(29)15-9-11-16(12-10-15)23(3,4)5/h15-16H,6-14H2,1-5H3,(H,25,28,30). The number of esters is 1. The minimum absolute atomic E-state index is 0.00195. The highest BCUT2D eigenvalue weighted by atomic mass is 16.5. The van der Waals surface area contributed by atoms with Crippen LogP contribution in [0.3, 0.4) is 0 Å². The lowest BCUT2D eigenvalue weighted by atomic mass is 9.70. The molecule has 0 radical (unpaired) electrons. The molecular formula is C23H36N4O4. The molecule has 8 nitrogen and oxygen atoms in total. The van der Waals surface area contributed by atoms with Crippen LogP contribution < -0.4 is 11.2 Å². The van der Waals surface area contributed by atoms with Gasteiger partial charge in [-0.3, -0.25) is 19.1 Å². The van der Waals surface area contributed by atoms with Gasteiger partial charge in [-0.25, -0.2) is 9.78 Å². The number of aromatic amines is 1. The van der Waals surface area contributed by atoms with E-state index >= 15 is 0 Å². The van der Waals surface area contributed by atoms with Crippen LogP contribution in [0.2, 0.25) is 0 Å². The van der Waals surface area contributed by atoms with Gasteiger partial charge in [0.15, 0.2) is 11.2 Å². The normalized spacial score (nSPS) is 19.6. The summed E-state index contributed by atoms with van der Waals surface area (Å²) < 4.78 is 8.87. The molecule has 0 aliphatic heterocycles. The number of hydrogen-bond acceptors (Lipinski definition) is 5. The molecule has 0 saturated heterocycles. The third-order valence-electron chi connectivity index (χ3n) is 6.64. The van der Waals surface area contributed by atoms with Gasteiger partial charge < -0.3 is 9.30 Å². The van der Waals surface area contributed by atoms with E-state index in [0.717, 1.165) is 38.5 Å². The number of fused-ring (bicyclic) bond motifs is 1. The van der Waals surface area contributed by atoms with E-state index in [0.29, 0.717) is 36.0 Å². The first-order valence-electron chi connectivity index (χ1n) is 11.6. The van der Waals surface area contributed by atoms with Crippen molar-refractivity contribution in [1.29, 1.82) is 0 Å². The summed E-state index contributed by atoms with van der Waals surface area (Å²) in [7, 11) is 0. The second-order valence-electron chi connectivity index (χ2n) is 9.73. The Bertz CT molecular complexity index is 1030. The number of carbonyl (C=O) groups excluding carboxylic acids is 1. The quantitative estimate of drug-likeness (QED) is 0.674. The molecular weight excluding hydrogens is 396 g/mol. The van der Waals surface area contributed by atoms with Crippen LogP contribution in [-0.4, -0.2) is 25.1 Å². The Morgan fingerprint density at radius 3 is 2.39 bits per heavy atom. The second-order valence-corrected chi connectivity index (χ2v) is 9.73. The Hall–Kier alpha value is -2.38. The van der Waals surface area contributed by atoms with E-state index in [2.05, 4.69) is 30.7 Å². The molecule has 1 saturated carbocycles. The van der Waals surface area contributed by atoms with Gasteiger partial charge in [0.2, 0.25) is 0 Å². The number of hydrogen-bond donors (Lipinski definition) is 1. The highest BCUT2D eigenvalue weighted by Crippen LogP contribution is 2.40. The summed E-state index contributed by atoms with van der Waals surface area (Å²) in [5.74, 6) is 0.853. The molecule has 2 heterocycles. The van der Waals surface area contributed by atoms with Crippen molar-refractivity contribution in [1.82, 2.24) is 19.1 Å². The van der Waals surface area contributed by atoms with Crippen molar-refractivity contribution in [3.8, 4) is 0 Å². The number of unbranched alkanes of at least 4 members (excludes halogenated alkanes) is 1. The Balaban J connectivity index is 1.77. The van der Waals surface area contributed by atoms with E-state index < -0.39 is 11.2 Å². The molecule has 0 atom stereocenters. The van der Waals surface area contributed by atoms with E-state index in [9.17, 15) is 14.4 Å². The van der Waals surface area contributed by atoms with E-state index in [1.807, 2.05) is 13.8 Å². The maximum absolute atomic E-state index is 12.7. The van der Waals surface area contributed by atoms with Crippen LogP contribution in [0.5, 0.6) is 0 Å². The van der Waals surface area contributed by atoms with Gasteiger partial charge in [-0.1, -0.05) is 34.1 Å². The number of H-pyrrole nitrogens is 1. The third kappa shape index (κ3) is 4.93. The lowest BCUT2D eigenvalue weighted by Gasteiger charge is -2.36. The molecule has 1 fully saturated rings. The second kappa shape index (κ2) is 9.40. The summed E-state index contributed by atoms with van der Waals surface area (Å²) >= 11 is 0. The first-order valence-corrected chi connectivity index (χ1v) is 11.6. The molecule has 0 amide bonds. The summed E-state index contributed by atoms with van der Waals surface area (Å²) in [6.07, 6.45) is 5.50. The fourth-order valence-corrected chi connectivity index (χ4v) is 4.64. The lowest BCUT2D eigenvalue weighted by Crippen LogP contribution is -2.31. The lowest BCUT2D eigenvalue weighted by molar-refractivity contribution is -0.152. The van der Waals surface area contributed by atoms with E-state index in [1.54, 1.807) is 4.57 Å². The Morgan fingerprint density at radius 2 is 1.81 bits per heavy atom. The summed E-state index contributed by atoms with van der Waals surface area (Å²) in [5, 5.41) is 0. The van der Waals surface area contributed by atoms with Gasteiger partial charge in [0.25, 0.3) is 5.56 Å². The SMILES string of the molecule is CCCCn1c(=O)[nH]c(=O)c2c1nc(COC(=O)C1CCC(C(C)(C)C)CC1)n2CC. The minimum atomic E-state index is -0.458. The molecule has 8 heteroatoms. The Morgan fingerprint density at radius 1 is 1.13 bits per heavy atom. The fraction of sp³-hybridized carbons (Fsp3) is 0.739. The summed E-state index contributed by atoms with van der Waals surface area (Å²) in [6.45, 7) is 11.7. The van der Waals surface area contributed by atoms with Crippen molar-refractivity contribution in [2.45, 2.75) is 92.8 Å². The van der Waals surface area contributed by atoms with Crippen LogP contribution >= 0.6 is 0 Å². The highest BCUT2D eigenvalue weighted by Gasteiger charge is 2.33. The molecule has 31 heavy (non-hydrogen) atoms. The van der Waals surface area contributed by atoms with Crippen LogP contribution in [0.15, 0.2) is 9.59 Å². The minimum Gasteiger partial charge on any atom is -0.457 e. The molecule has 0 spiro atoms. The highest BCUT2D eigenvalue weighted by molar-refractivity contribution is 5.73. The number of aromatic nitrogens is 4. The topological polar surface area (TPSA) is 99.0 Å². The number of imidazole rings is 1. The van der Waals surface area contributed by atoms with Gasteiger partial charge in [0, 0.05) is 13.1 Å². The van der Waals surface area contributed by atoms with Crippen molar-refractivity contribution >= 4 is 17.1 Å². The summed E-state index contributed by atoms with van der Waals surface area (Å²) in [6, 6.07) is 0. The third-order valence-corrected chi connectivity index (χ3v) is 6.64. The molecule has 0 unspecified atom stereocenters. The smallest absolute Gasteiger partial charge is 0.330 e. The monoisotopic (exact) mass is 432 g/mol. The average molecular weight is 433 g/mol. The maximum Gasteiger partial charge on any atom is 0.330 e. The van der Waals surface area contributed by atoms with E-state index in [1.165, 1.54) is 4.57 Å². The Labute approximate surface area is 183 Å². The van der Waals surface area contributed by atoms with Gasteiger partial charge in [-0.2, -0.15) is 0 Å². The van der Waals surface area contributed by atoms with Crippen LogP contribution in [0.4, 0.5) is 0 Å². The maximum atomic E-state index is 12.7. The number of ether oxygens (including phenoxy) is 1. The zero-order valence-electron chi connectivity index (χ0n) is 19.5. The van der Waals surface area contributed by atoms with Crippen LogP contribution in [0, 0.1) is 17.3 Å². The molecule has 0 bridgehead atoms. The molecule has 172 valence electrons. The number of rotatable bonds is 7. The summed E-state index contributed by atoms with van der Waals surface area (Å²) in [4.78, 5) is 44.4. The summed E-state index contributed by atoms with van der Waals surface area (Å²) in [5.41, 5.74) is 0.0725. The molecule has 1 aliphatic carbocycles. The van der Waals surface area contributed by atoms with E-state index in [4.69, 9.17) is 4.74 Å². The largest absolute Gasteiger partial charge is 0.457 e. The molecule has 3 rings (SSSR count). The van der Waals surface area contributed by atoms with Crippen molar-refractivity contribution in [2.75, 3.05) is 0 Å². The molecule has 2 aromatic rings. The molecule has 1 aliphatic rings. The van der Waals surface area contributed by atoms with Gasteiger partial charge in [0.1, 0.15) is 12.4 Å². The van der Waals surface area contributed by atoms with Crippen molar-refractivity contribution in [2.24, 2.45) is 17.3 Å². The van der Waals surface area contributed by atoms with Crippen molar-refractivity contribution < 1.29 is 9.53 Å². The number of nitrogens with zero attached hydrogens (tertiary/aromatic N) is 3. The molecule has 2 aromatic heterocycles. The Kier molecular flexibility index (Phi) is 7.06.